The van der Waals surface area contributed by atoms with Crippen LogP contribution in [0.25, 0.3) is 0 Å². The van der Waals surface area contributed by atoms with E-state index in [-0.39, 0.29) is 0 Å². The summed E-state index contributed by atoms with van der Waals surface area (Å²) in [6.07, 6.45) is 0. The van der Waals surface area contributed by atoms with Crippen molar-refractivity contribution in [3.63, 3.8) is 0 Å². The molecule has 1 heterocycles. The maximum absolute atomic E-state index is 3.57. The van der Waals surface area contributed by atoms with Gasteiger partial charge in [0.25, 0.3) is 0 Å². The van der Waals surface area contributed by atoms with Crippen molar-refractivity contribution in [3.05, 3.63) is 34.9 Å². The fourth-order valence-electron chi connectivity index (χ4n) is 2.73. The molecule has 2 nitrogen and oxygen atoms in total. The van der Waals surface area contributed by atoms with Crippen molar-refractivity contribution in [1.29, 1.82) is 0 Å². The van der Waals surface area contributed by atoms with Crippen molar-refractivity contribution in [2.24, 2.45) is 0 Å². The fraction of sp³-hybridized carbons (Fsp3) is 0.600. The van der Waals surface area contributed by atoms with Gasteiger partial charge in [-0.25, -0.2) is 0 Å². The summed E-state index contributed by atoms with van der Waals surface area (Å²) in [6, 6.07) is 8.03. The van der Waals surface area contributed by atoms with Gasteiger partial charge >= 0.3 is 0 Å². The van der Waals surface area contributed by atoms with Crippen molar-refractivity contribution in [1.82, 2.24) is 10.2 Å². The Kier molecular flexibility index (Phi) is 3.85. The molecule has 0 radical (unpaired) electrons. The van der Waals surface area contributed by atoms with Crippen LogP contribution in [-0.2, 0) is 6.54 Å². The molecule has 0 saturated carbocycles. The number of hydrogen-bond donors (Lipinski definition) is 1. The van der Waals surface area contributed by atoms with Crippen molar-refractivity contribution >= 4 is 0 Å². The predicted molar refractivity (Wildman–Crippen MR) is 73.3 cm³/mol. The van der Waals surface area contributed by atoms with E-state index >= 15 is 0 Å². The third-order valence-corrected chi connectivity index (χ3v) is 3.61. The highest BCUT2D eigenvalue weighted by Crippen LogP contribution is 2.14. The van der Waals surface area contributed by atoms with Crippen molar-refractivity contribution < 1.29 is 0 Å². The van der Waals surface area contributed by atoms with Gasteiger partial charge in [-0.15, -0.1) is 0 Å². The summed E-state index contributed by atoms with van der Waals surface area (Å²) in [5, 5.41) is 3.57. The van der Waals surface area contributed by atoms with E-state index in [0.29, 0.717) is 12.1 Å². The van der Waals surface area contributed by atoms with E-state index in [1.54, 1.807) is 0 Å². The third kappa shape index (κ3) is 3.30. The van der Waals surface area contributed by atoms with Crippen LogP contribution in [0.5, 0.6) is 0 Å². The second kappa shape index (κ2) is 5.19. The first kappa shape index (κ1) is 12.6. The summed E-state index contributed by atoms with van der Waals surface area (Å²) in [7, 11) is 0. The van der Waals surface area contributed by atoms with E-state index in [4.69, 9.17) is 0 Å². The van der Waals surface area contributed by atoms with Crippen LogP contribution >= 0.6 is 0 Å². The zero-order valence-corrected chi connectivity index (χ0v) is 11.5. The summed E-state index contributed by atoms with van der Waals surface area (Å²) >= 11 is 0. The number of hydrogen-bond acceptors (Lipinski definition) is 2. The monoisotopic (exact) mass is 232 g/mol. The maximum atomic E-state index is 3.57. The van der Waals surface area contributed by atoms with Crippen LogP contribution in [-0.4, -0.2) is 30.1 Å². The van der Waals surface area contributed by atoms with Crippen LogP contribution in [0.2, 0.25) is 0 Å². The van der Waals surface area contributed by atoms with Crippen LogP contribution in [0.3, 0.4) is 0 Å². The van der Waals surface area contributed by atoms with Gasteiger partial charge in [-0.1, -0.05) is 18.2 Å². The standard InChI is InChI=1S/C15H24N2/c1-11-5-6-15(7-12(11)2)10-17-8-13(3)16-14(4)9-17/h5-7,13-14,16H,8-10H2,1-4H3. The molecule has 0 amide bonds. The third-order valence-electron chi connectivity index (χ3n) is 3.61. The molecule has 94 valence electrons. The normalized spacial score (nSPS) is 26.1. The average Bonchev–Trinajstić information content (AvgIpc) is 2.22. The van der Waals surface area contributed by atoms with E-state index in [9.17, 15) is 0 Å². The molecular weight excluding hydrogens is 208 g/mol. The van der Waals surface area contributed by atoms with E-state index in [2.05, 4.69) is 56.1 Å². The number of piperazine rings is 1. The molecule has 1 fully saturated rings. The van der Waals surface area contributed by atoms with E-state index < -0.39 is 0 Å². The molecule has 2 unspecified atom stereocenters. The second-order valence-corrected chi connectivity index (χ2v) is 5.58. The molecule has 0 aromatic heterocycles. The number of nitrogens with one attached hydrogen (secondary N) is 1. The first-order chi connectivity index (χ1) is 8.04. The molecule has 2 heteroatoms. The fourth-order valence-corrected chi connectivity index (χ4v) is 2.73. The first-order valence-corrected chi connectivity index (χ1v) is 6.59. The summed E-state index contributed by atoms with van der Waals surface area (Å²) in [5.41, 5.74) is 4.23. The quantitative estimate of drug-likeness (QED) is 0.843. The summed E-state index contributed by atoms with van der Waals surface area (Å²) in [5.74, 6) is 0. The Labute approximate surface area is 105 Å². The molecule has 1 aromatic rings. The van der Waals surface area contributed by atoms with E-state index in [1.807, 2.05) is 0 Å². The summed E-state index contributed by atoms with van der Waals surface area (Å²) in [4.78, 5) is 2.55. The minimum Gasteiger partial charge on any atom is -0.309 e. The predicted octanol–water partition coefficient (Wildman–Crippen LogP) is 2.49. The average molecular weight is 232 g/mol. The molecule has 1 saturated heterocycles. The van der Waals surface area contributed by atoms with Gasteiger partial charge in [0.1, 0.15) is 0 Å². The van der Waals surface area contributed by atoms with Crippen LogP contribution in [0.1, 0.15) is 30.5 Å². The molecule has 0 aliphatic carbocycles. The lowest BCUT2D eigenvalue weighted by Crippen LogP contribution is -2.53. The number of rotatable bonds is 2. The van der Waals surface area contributed by atoms with E-state index in [1.165, 1.54) is 16.7 Å². The molecular formula is C15H24N2. The van der Waals surface area contributed by atoms with Crippen molar-refractivity contribution in [3.8, 4) is 0 Å². The van der Waals surface area contributed by atoms with Gasteiger partial charge in [0.15, 0.2) is 0 Å². The summed E-state index contributed by atoms with van der Waals surface area (Å²) in [6.45, 7) is 12.3. The molecule has 0 spiro atoms. The Morgan fingerprint density at radius 3 is 2.35 bits per heavy atom. The van der Waals surface area contributed by atoms with Crippen LogP contribution in [0.15, 0.2) is 18.2 Å². The molecule has 2 rings (SSSR count). The molecule has 1 N–H and O–H groups in total. The minimum absolute atomic E-state index is 0.602. The Balaban J connectivity index is 2.02. The topological polar surface area (TPSA) is 15.3 Å². The maximum Gasteiger partial charge on any atom is 0.0235 e. The minimum atomic E-state index is 0.602. The molecule has 1 aliphatic heterocycles. The lowest BCUT2D eigenvalue weighted by Gasteiger charge is -2.36. The highest BCUT2D eigenvalue weighted by molar-refractivity contribution is 5.29. The molecule has 0 bridgehead atoms. The number of nitrogens with zero attached hydrogens (tertiary/aromatic N) is 1. The van der Waals surface area contributed by atoms with Gasteiger partial charge in [0.2, 0.25) is 0 Å². The zero-order chi connectivity index (χ0) is 12.4. The summed E-state index contributed by atoms with van der Waals surface area (Å²) < 4.78 is 0. The smallest absolute Gasteiger partial charge is 0.0235 e. The second-order valence-electron chi connectivity index (χ2n) is 5.58. The van der Waals surface area contributed by atoms with E-state index in [0.717, 1.165) is 19.6 Å². The molecule has 17 heavy (non-hydrogen) atoms. The van der Waals surface area contributed by atoms with Crippen LogP contribution in [0.4, 0.5) is 0 Å². The van der Waals surface area contributed by atoms with Crippen molar-refractivity contribution in [2.45, 2.75) is 46.3 Å². The van der Waals surface area contributed by atoms with Crippen LogP contribution < -0.4 is 5.32 Å². The Bertz CT molecular complexity index is 377. The Morgan fingerprint density at radius 2 is 1.76 bits per heavy atom. The lowest BCUT2D eigenvalue weighted by atomic mass is 10.0. The van der Waals surface area contributed by atoms with Crippen LogP contribution in [0, 0.1) is 13.8 Å². The SMILES string of the molecule is Cc1ccc(CN2CC(C)NC(C)C2)cc1C. The molecule has 2 atom stereocenters. The number of aryl methyl sites for hydroxylation is 2. The van der Waals surface area contributed by atoms with Gasteiger partial charge in [0.05, 0.1) is 0 Å². The highest BCUT2D eigenvalue weighted by atomic mass is 15.2. The zero-order valence-electron chi connectivity index (χ0n) is 11.5. The first-order valence-electron chi connectivity index (χ1n) is 6.59. The van der Waals surface area contributed by atoms with Crippen molar-refractivity contribution in [2.75, 3.05) is 13.1 Å². The van der Waals surface area contributed by atoms with Gasteiger partial charge in [-0.3, -0.25) is 4.90 Å². The number of benzene rings is 1. The largest absolute Gasteiger partial charge is 0.309 e. The Morgan fingerprint density at radius 1 is 1.12 bits per heavy atom. The highest BCUT2D eigenvalue weighted by Gasteiger charge is 2.20. The van der Waals surface area contributed by atoms with Gasteiger partial charge < -0.3 is 5.32 Å². The van der Waals surface area contributed by atoms with Gasteiger partial charge in [-0.05, 0) is 44.4 Å². The lowest BCUT2D eigenvalue weighted by molar-refractivity contribution is 0.166. The molecule has 1 aliphatic rings. The molecule has 1 aromatic carbocycles. The van der Waals surface area contributed by atoms with Gasteiger partial charge in [0, 0.05) is 31.7 Å². The van der Waals surface area contributed by atoms with Gasteiger partial charge in [-0.2, -0.15) is 0 Å². The Hall–Kier alpha value is -0.860.